The molecule has 2 heterocycles. The van der Waals surface area contributed by atoms with Crippen molar-refractivity contribution >= 4 is 23.4 Å². The van der Waals surface area contributed by atoms with E-state index in [1.54, 1.807) is 36.4 Å². The molecule has 4 rings (SSSR count). The fourth-order valence-corrected chi connectivity index (χ4v) is 3.14. The van der Waals surface area contributed by atoms with Crippen molar-refractivity contribution in [2.24, 2.45) is 0 Å². The van der Waals surface area contributed by atoms with E-state index < -0.39 is 0 Å². The van der Waals surface area contributed by atoms with Gasteiger partial charge in [0.05, 0.1) is 12.1 Å². The molecule has 1 aromatic heterocycles. The number of carbonyl (C=O) groups excluding carboxylic acids is 2. The third kappa shape index (κ3) is 4.41. The molecule has 1 saturated heterocycles. The lowest BCUT2D eigenvalue weighted by atomic mass is 10.1. The van der Waals surface area contributed by atoms with Gasteiger partial charge < -0.3 is 14.8 Å². The Morgan fingerprint density at radius 3 is 2.67 bits per heavy atom. The Bertz CT molecular complexity index is 1040. The van der Waals surface area contributed by atoms with E-state index in [1.165, 1.54) is 11.1 Å². The molecule has 152 valence electrons. The Kier molecular flexibility index (Phi) is 5.61. The van der Waals surface area contributed by atoms with Crippen molar-refractivity contribution in [1.29, 1.82) is 0 Å². The van der Waals surface area contributed by atoms with Gasteiger partial charge in [-0.05, 0) is 36.8 Å². The van der Waals surface area contributed by atoms with Crippen LogP contribution < -0.4 is 15.0 Å². The molecule has 7 nitrogen and oxygen atoms in total. The number of nitrogens with zero attached hydrogens (tertiary/aromatic N) is 2. The molecule has 1 unspecified atom stereocenters. The number of hydrogen-bond acceptors (Lipinski definition) is 5. The molecule has 0 aliphatic carbocycles. The van der Waals surface area contributed by atoms with E-state index in [0.717, 1.165) is 5.56 Å². The molecule has 1 fully saturated rings. The van der Waals surface area contributed by atoms with Gasteiger partial charge in [-0.2, -0.15) is 0 Å². The second-order valence-electron chi connectivity index (χ2n) is 6.83. The zero-order valence-corrected chi connectivity index (χ0v) is 16.4. The van der Waals surface area contributed by atoms with Crippen molar-refractivity contribution in [2.75, 3.05) is 23.4 Å². The number of hydrogen-bond donors (Lipinski definition) is 1. The Labute approximate surface area is 174 Å². The quantitative estimate of drug-likeness (QED) is 0.659. The average Bonchev–Trinajstić information content (AvgIpc) is 3.21. The van der Waals surface area contributed by atoms with Crippen LogP contribution in [0, 0.1) is 0 Å². The van der Waals surface area contributed by atoms with Crippen LogP contribution in [-0.2, 0) is 4.74 Å². The van der Waals surface area contributed by atoms with Crippen molar-refractivity contribution < 1.29 is 19.1 Å². The van der Waals surface area contributed by atoms with Crippen molar-refractivity contribution in [2.45, 2.75) is 13.0 Å². The van der Waals surface area contributed by atoms with Crippen molar-refractivity contribution in [1.82, 2.24) is 4.98 Å². The summed E-state index contributed by atoms with van der Waals surface area (Å²) in [6.07, 6.45) is 0.936. The molecule has 1 aliphatic rings. The number of amides is 2. The number of carbonyl (C=O) groups is 2. The van der Waals surface area contributed by atoms with Gasteiger partial charge in [0, 0.05) is 23.6 Å². The fourth-order valence-electron chi connectivity index (χ4n) is 3.14. The van der Waals surface area contributed by atoms with Crippen molar-refractivity contribution in [3.63, 3.8) is 0 Å². The Hall–Kier alpha value is -3.87. The normalized spacial score (nSPS) is 14.2. The lowest BCUT2D eigenvalue weighted by Gasteiger charge is -2.15. The van der Waals surface area contributed by atoms with E-state index in [-0.39, 0.29) is 18.1 Å². The first-order chi connectivity index (χ1) is 14.6. The predicted octanol–water partition coefficient (Wildman–Crippen LogP) is 4.43. The summed E-state index contributed by atoms with van der Waals surface area (Å²) in [6, 6.07) is 20.2. The molecule has 30 heavy (non-hydrogen) atoms. The summed E-state index contributed by atoms with van der Waals surface area (Å²) in [6.45, 7) is 2.79. The topological polar surface area (TPSA) is 80.8 Å². The van der Waals surface area contributed by atoms with E-state index in [4.69, 9.17) is 9.47 Å². The zero-order chi connectivity index (χ0) is 20.9. The first-order valence-electron chi connectivity index (χ1n) is 9.63. The summed E-state index contributed by atoms with van der Waals surface area (Å²) < 4.78 is 10.8. The number of benzene rings is 2. The van der Waals surface area contributed by atoms with Gasteiger partial charge in [0.1, 0.15) is 12.7 Å². The van der Waals surface area contributed by atoms with Gasteiger partial charge in [-0.1, -0.05) is 36.4 Å². The Morgan fingerprint density at radius 2 is 1.97 bits per heavy atom. The van der Waals surface area contributed by atoms with Gasteiger partial charge in [-0.25, -0.2) is 9.78 Å². The largest absolute Gasteiger partial charge is 0.470 e. The number of nitrogens with one attached hydrogen (secondary N) is 1. The number of anilines is 2. The van der Waals surface area contributed by atoms with Crippen LogP contribution in [0.5, 0.6) is 5.88 Å². The fraction of sp³-hybridized carbons (Fsp3) is 0.174. The maximum absolute atomic E-state index is 12.6. The lowest BCUT2D eigenvalue weighted by Crippen LogP contribution is -2.23. The summed E-state index contributed by atoms with van der Waals surface area (Å²) >= 11 is 0. The lowest BCUT2D eigenvalue weighted by molar-refractivity contribution is 0.102. The van der Waals surface area contributed by atoms with E-state index >= 15 is 0 Å². The van der Waals surface area contributed by atoms with Crippen LogP contribution in [0.25, 0.3) is 0 Å². The van der Waals surface area contributed by atoms with Crippen LogP contribution in [-0.4, -0.2) is 30.1 Å². The smallest absolute Gasteiger partial charge is 0.414 e. The minimum absolute atomic E-state index is 0.154. The van der Waals surface area contributed by atoms with E-state index in [9.17, 15) is 9.59 Å². The summed E-state index contributed by atoms with van der Waals surface area (Å²) in [4.78, 5) is 30.1. The number of ether oxygens (including phenoxy) is 2. The molecule has 2 amide bonds. The van der Waals surface area contributed by atoms with Gasteiger partial charge >= 0.3 is 6.09 Å². The van der Waals surface area contributed by atoms with Gasteiger partial charge in [-0.3, -0.25) is 9.69 Å². The maximum Gasteiger partial charge on any atom is 0.414 e. The van der Waals surface area contributed by atoms with Crippen molar-refractivity contribution in [3.8, 4) is 5.88 Å². The van der Waals surface area contributed by atoms with E-state index in [1.807, 2.05) is 37.3 Å². The van der Waals surface area contributed by atoms with Crippen molar-refractivity contribution in [3.05, 3.63) is 84.1 Å². The molecule has 0 bridgehead atoms. The van der Waals surface area contributed by atoms with Crippen LogP contribution in [0.4, 0.5) is 16.2 Å². The number of cyclic esters (lactones) is 1. The third-order valence-electron chi connectivity index (χ3n) is 4.74. The minimum atomic E-state index is -0.386. The maximum atomic E-state index is 12.6. The first-order valence-corrected chi connectivity index (χ1v) is 9.63. The molecule has 0 radical (unpaired) electrons. The molecule has 0 saturated carbocycles. The van der Waals surface area contributed by atoms with Crippen LogP contribution in [0.2, 0.25) is 0 Å². The summed E-state index contributed by atoms with van der Waals surface area (Å²) in [7, 11) is 0. The van der Waals surface area contributed by atoms with Crippen LogP contribution in [0.3, 0.4) is 0 Å². The number of rotatable bonds is 6. The van der Waals surface area contributed by atoms with E-state index in [0.29, 0.717) is 36.0 Å². The SMILES string of the molecule is CC(Oc1ccc(C(=O)Nc2cccc(N3CCOC3=O)c2)cn1)c1ccccc1. The predicted molar refractivity (Wildman–Crippen MR) is 113 cm³/mol. The van der Waals surface area contributed by atoms with Gasteiger partial charge in [0.25, 0.3) is 5.91 Å². The molecular formula is C23H21N3O4. The molecule has 7 heteroatoms. The molecule has 1 aliphatic heterocycles. The molecule has 0 spiro atoms. The highest BCUT2D eigenvalue weighted by molar-refractivity contribution is 6.04. The van der Waals surface area contributed by atoms with Gasteiger partial charge in [-0.15, -0.1) is 0 Å². The second-order valence-corrected chi connectivity index (χ2v) is 6.83. The zero-order valence-electron chi connectivity index (χ0n) is 16.4. The molecular weight excluding hydrogens is 382 g/mol. The van der Waals surface area contributed by atoms with E-state index in [2.05, 4.69) is 10.3 Å². The van der Waals surface area contributed by atoms with Crippen LogP contribution in [0.1, 0.15) is 28.9 Å². The van der Waals surface area contributed by atoms with Gasteiger partial charge in [0.15, 0.2) is 0 Å². The molecule has 1 N–H and O–H groups in total. The monoisotopic (exact) mass is 403 g/mol. The number of pyridine rings is 1. The molecule has 2 aromatic carbocycles. The first kappa shape index (κ1) is 19.4. The highest BCUT2D eigenvalue weighted by Gasteiger charge is 2.23. The highest BCUT2D eigenvalue weighted by Crippen LogP contribution is 2.23. The summed E-state index contributed by atoms with van der Waals surface area (Å²) in [5.74, 6) is 0.142. The standard InChI is InChI=1S/C23H21N3O4/c1-16(17-6-3-2-4-7-17)30-21-11-10-18(15-24-21)22(27)25-19-8-5-9-20(14-19)26-12-13-29-23(26)28/h2-11,14-16H,12-13H2,1H3,(H,25,27). The average molecular weight is 403 g/mol. The summed E-state index contributed by atoms with van der Waals surface area (Å²) in [5, 5.41) is 2.82. The van der Waals surface area contributed by atoms with Crippen LogP contribution in [0.15, 0.2) is 72.9 Å². The van der Waals surface area contributed by atoms with Crippen LogP contribution >= 0.6 is 0 Å². The molecule has 1 atom stereocenters. The molecule has 3 aromatic rings. The second kappa shape index (κ2) is 8.65. The Morgan fingerprint density at radius 1 is 1.13 bits per heavy atom. The Balaban J connectivity index is 1.40. The van der Waals surface area contributed by atoms with Gasteiger partial charge in [0.2, 0.25) is 5.88 Å². The minimum Gasteiger partial charge on any atom is -0.470 e. The number of aromatic nitrogens is 1. The highest BCUT2D eigenvalue weighted by atomic mass is 16.6. The third-order valence-corrected chi connectivity index (χ3v) is 4.74. The summed E-state index contributed by atoms with van der Waals surface area (Å²) in [5.41, 5.74) is 2.70.